The van der Waals surface area contributed by atoms with Crippen LogP contribution in [0.4, 0.5) is 0 Å². The number of rotatable bonds is 2. The third-order valence-corrected chi connectivity index (χ3v) is 3.25. The smallest absolute Gasteiger partial charge is 0.244 e. The molecule has 0 amide bonds. The first-order chi connectivity index (χ1) is 8.39. The molecule has 2 heterocycles. The number of hydrogen-bond acceptors (Lipinski definition) is 5. The molecule has 2 aromatic rings. The quantitative estimate of drug-likeness (QED) is 0.922. The summed E-state index contributed by atoms with van der Waals surface area (Å²) in [5, 5.41) is 3.92. The predicted molar refractivity (Wildman–Crippen MR) is 71.6 cm³/mol. The molecule has 2 aromatic heterocycles. The molecule has 0 aromatic carbocycles. The van der Waals surface area contributed by atoms with E-state index in [1.165, 1.54) is 0 Å². The summed E-state index contributed by atoms with van der Waals surface area (Å²) in [6.45, 7) is 6.08. The van der Waals surface area contributed by atoms with Crippen LogP contribution in [-0.4, -0.2) is 15.1 Å². The lowest BCUT2D eigenvalue weighted by Gasteiger charge is -2.23. The van der Waals surface area contributed by atoms with Crippen LogP contribution < -0.4 is 5.73 Å². The Morgan fingerprint density at radius 2 is 2.11 bits per heavy atom. The van der Waals surface area contributed by atoms with Gasteiger partial charge >= 0.3 is 0 Å². The van der Waals surface area contributed by atoms with Crippen molar-refractivity contribution in [2.45, 2.75) is 26.8 Å². The number of nitrogens with two attached hydrogens (primary N) is 1. The van der Waals surface area contributed by atoms with Crippen molar-refractivity contribution in [3.05, 3.63) is 28.7 Å². The Hall–Kier alpha value is -1.27. The van der Waals surface area contributed by atoms with Crippen molar-refractivity contribution in [1.82, 2.24) is 15.1 Å². The first-order valence-corrected chi connectivity index (χ1v) is 6.39. The highest BCUT2D eigenvalue weighted by Gasteiger charge is 2.28. The van der Waals surface area contributed by atoms with Gasteiger partial charge in [0.05, 0.1) is 6.04 Å². The van der Waals surface area contributed by atoms with Crippen LogP contribution in [0.2, 0.25) is 0 Å². The third kappa shape index (κ3) is 2.59. The van der Waals surface area contributed by atoms with E-state index in [9.17, 15) is 0 Å². The summed E-state index contributed by atoms with van der Waals surface area (Å²) in [6.07, 6.45) is 1.68. The topological polar surface area (TPSA) is 77.8 Å². The zero-order valence-electron chi connectivity index (χ0n) is 10.5. The lowest BCUT2D eigenvalue weighted by molar-refractivity contribution is 0.253. The Balaban J connectivity index is 2.35. The van der Waals surface area contributed by atoms with Gasteiger partial charge in [0.1, 0.15) is 5.69 Å². The normalized spacial score (nSPS) is 13.6. The molecule has 2 rings (SSSR count). The van der Waals surface area contributed by atoms with Crippen LogP contribution in [-0.2, 0) is 0 Å². The van der Waals surface area contributed by atoms with Crippen molar-refractivity contribution in [3.8, 4) is 11.5 Å². The highest BCUT2D eigenvalue weighted by Crippen LogP contribution is 2.31. The fraction of sp³-hybridized carbons (Fsp3) is 0.417. The fourth-order valence-corrected chi connectivity index (χ4v) is 1.81. The average Bonchev–Trinajstić information content (AvgIpc) is 2.76. The largest absolute Gasteiger partial charge is 0.337 e. The van der Waals surface area contributed by atoms with Gasteiger partial charge in [-0.1, -0.05) is 25.9 Å². The molecule has 0 spiro atoms. The lowest BCUT2D eigenvalue weighted by atomic mass is 9.87. The molecule has 96 valence electrons. The van der Waals surface area contributed by atoms with Gasteiger partial charge in [-0.3, -0.25) is 4.98 Å². The molecule has 0 bridgehead atoms. The second-order valence-corrected chi connectivity index (χ2v) is 5.99. The summed E-state index contributed by atoms with van der Waals surface area (Å²) >= 11 is 3.40. The van der Waals surface area contributed by atoms with E-state index in [0.29, 0.717) is 17.4 Å². The molecule has 0 radical (unpaired) electrons. The summed E-state index contributed by atoms with van der Waals surface area (Å²) in [6, 6.07) is 3.40. The van der Waals surface area contributed by atoms with Crippen LogP contribution in [0.25, 0.3) is 11.5 Å². The first-order valence-electron chi connectivity index (χ1n) is 5.59. The molecule has 0 saturated carbocycles. The van der Waals surface area contributed by atoms with E-state index in [4.69, 9.17) is 10.3 Å². The van der Waals surface area contributed by atoms with Crippen LogP contribution in [0.15, 0.2) is 27.3 Å². The van der Waals surface area contributed by atoms with Gasteiger partial charge in [-0.15, -0.1) is 0 Å². The van der Waals surface area contributed by atoms with Gasteiger partial charge < -0.3 is 10.3 Å². The van der Waals surface area contributed by atoms with Gasteiger partial charge in [0.15, 0.2) is 0 Å². The van der Waals surface area contributed by atoms with Crippen molar-refractivity contribution < 1.29 is 4.52 Å². The van der Waals surface area contributed by atoms with Crippen molar-refractivity contribution in [2.24, 2.45) is 11.1 Å². The maximum absolute atomic E-state index is 6.07. The summed E-state index contributed by atoms with van der Waals surface area (Å²) in [4.78, 5) is 8.52. The number of hydrogen-bond donors (Lipinski definition) is 1. The van der Waals surface area contributed by atoms with Crippen LogP contribution in [0, 0.1) is 5.41 Å². The Kier molecular flexibility index (Phi) is 3.49. The monoisotopic (exact) mass is 310 g/mol. The van der Waals surface area contributed by atoms with Crippen LogP contribution in [0.5, 0.6) is 0 Å². The highest BCUT2D eigenvalue weighted by atomic mass is 79.9. The van der Waals surface area contributed by atoms with Gasteiger partial charge in [-0.05, 0) is 33.5 Å². The molecule has 2 N–H and O–H groups in total. The summed E-state index contributed by atoms with van der Waals surface area (Å²) in [5.74, 6) is 0.868. The van der Waals surface area contributed by atoms with Crippen molar-refractivity contribution in [1.29, 1.82) is 0 Å². The molecule has 18 heavy (non-hydrogen) atoms. The molecule has 0 aliphatic carbocycles. The SMILES string of the molecule is CC(C)(C)[C@H](N)c1nc(-c2ncccc2Br)no1. The van der Waals surface area contributed by atoms with E-state index >= 15 is 0 Å². The molecular weight excluding hydrogens is 296 g/mol. The number of nitrogens with zero attached hydrogens (tertiary/aromatic N) is 3. The number of aromatic nitrogens is 3. The van der Waals surface area contributed by atoms with Crippen LogP contribution in [0.3, 0.4) is 0 Å². The zero-order valence-corrected chi connectivity index (χ0v) is 12.1. The molecule has 0 aliphatic rings. The van der Waals surface area contributed by atoms with E-state index in [1.807, 2.05) is 32.9 Å². The number of pyridine rings is 1. The molecular formula is C12H15BrN4O. The van der Waals surface area contributed by atoms with Crippen LogP contribution in [0.1, 0.15) is 32.7 Å². The molecule has 0 aliphatic heterocycles. The molecule has 5 nitrogen and oxygen atoms in total. The summed E-state index contributed by atoms with van der Waals surface area (Å²) < 4.78 is 6.04. The van der Waals surface area contributed by atoms with E-state index in [1.54, 1.807) is 6.20 Å². The lowest BCUT2D eigenvalue weighted by Crippen LogP contribution is -2.26. The van der Waals surface area contributed by atoms with Gasteiger partial charge in [-0.25, -0.2) is 0 Å². The molecule has 0 fully saturated rings. The van der Waals surface area contributed by atoms with Crippen molar-refractivity contribution in [3.63, 3.8) is 0 Å². The summed E-state index contributed by atoms with van der Waals surface area (Å²) in [5.41, 5.74) is 6.59. The maximum Gasteiger partial charge on any atom is 0.244 e. The van der Waals surface area contributed by atoms with E-state index in [0.717, 1.165) is 4.47 Å². The second-order valence-electron chi connectivity index (χ2n) is 5.13. The standard InChI is InChI=1S/C12H15BrN4O/c1-12(2,3)9(14)11-16-10(17-18-11)8-7(13)5-4-6-15-8/h4-6,9H,14H2,1-3H3/t9-/m1/s1. The van der Waals surface area contributed by atoms with E-state index in [-0.39, 0.29) is 11.5 Å². The molecule has 0 saturated heterocycles. The second kappa shape index (κ2) is 4.78. The van der Waals surface area contributed by atoms with Crippen LogP contribution >= 0.6 is 15.9 Å². The Morgan fingerprint density at radius 3 is 2.72 bits per heavy atom. The minimum atomic E-state index is -0.304. The number of halogens is 1. The van der Waals surface area contributed by atoms with Gasteiger partial charge in [0.25, 0.3) is 0 Å². The van der Waals surface area contributed by atoms with Crippen molar-refractivity contribution >= 4 is 15.9 Å². The minimum absolute atomic E-state index is 0.134. The third-order valence-electron chi connectivity index (χ3n) is 2.61. The minimum Gasteiger partial charge on any atom is -0.337 e. The molecule has 0 unspecified atom stereocenters. The average molecular weight is 311 g/mol. The summed E-state index contributed by atoms with van der Waals surface area (Å²) in [7, 11) is 0. The van der Waals surface area contributed by atoms with Crippen molar-refractivity contribution in [2.75, 3.05) is 0 Å². The Morgan fingerprint density at radius 1 is 1.39 bits per heavy atom. The Labute approximate surface area is 114 Å². The van der Waals surface area contributed by atoms with E-state index < -0.39 is 0 Å². The molecule has 6 heteroatoms. The van der Waals surface area contributed by atoms with E-state index in [2.05, 4.69) is 31.1 Å². The molecule has 1 atom stereocenters. The van der Waals surface area contributed by atoms with Gasteiger partial charge in [0.2, 0.25) is 11.7 Å². The van der Waals surface area contributed by atoms with Gasteiger partial charge in [0, 0.05) is 10.7 Å². The fourth-order valence-electron chi connectivity index (χ4n) is 1.38. The van der Waals surface area contributed by atoms with Gasteiger partial charge in [-0.2, -0.15) is 4.98 Å². The first kappa shape index (κ1) is 13.2. The predicted octanol–water partition coefficient (Wildman–Crippen LogP) is 2.94. The Bertz CT molecular complexity index is 547. The maximum atomic E-state index is 6.07. The highest BCUT2D eigenvalue weighted by molar-refractivity contribution is 9.10. The zero-order chi connectivity index (χ0) is 13.3.